The summed E-state index contributed by atoms with van der Waals surface area (Å²) < 4.78 is 0. The van der Waals surface area contributed by atoms with Gasteiger partial charge in [-0.05, 0) is 25.9 Å². The predicted molar refractivity (Wildman–Crippen MR) is 65.8 cm³/mol. The van der Waals surface area contributed by atoms with Gasteiger partial charge in [-0.1, -0.05) is 18.5 Å². The van der Waals surface area contributed by atoms with Crippen LogP contribution in [0.3, 0.4) is 0 Å². The van der Waals surface area contributed by atoms with E-state index in [1.807, 2.05) is 0 Å². The number of halogens is 1. The second-order valence-corrected chi connectivity index (χ2v) is 4.36. The third kappa shape index (κ3) is 2.62. The van der Waals surface area contributed by atoms with Gasteiger partial charge in [0.25, 0.3) is 0 Å². The lowest BCUT2D eigenvalue weighted by atomic mass is 10.2. The van der Waals surface area contributed by atoms with E-state index in [9.17, 15) is 0 Å². The molecular formula is C11H17ClN4. The van der Waals surface area contributed by atoms with Crippen molar-refractivity contribution in [1.82, 2.24) is 14.9 Å². The number of rotatable bonds is 4. The Morgan fingerprint density at radius 1 is 1.50 bits per heavy atom. The Labute approximate surface area is 101 Å². The first kappa shape index (κ1) is 11.6. The molecule has 0 bridgehead atoms. The molecule has 1 fully saturated rings. The molecule has 1 atom stereocenters. The van der Waals surface area contributed by atoms with Gasteiger partial charge in [-0.15, -0.1) is 0 Å². The molecule has 1 aromatic rings. The fourth-order valence-electron chi connectivity index (χ4n) is 2.20. The molecule has 88 valence electrons. The number of aromatic nitrogens is 2. The van der Waals surface area contributed by atoms with Crippen LogP contribution < -0.4 is 5.32 Å². The molecule has 5 heteroatoms. The van der Waals surface area contributed by atoms with Crippen LogP contribution in [-0.4, -0.2) is 40.5 Å². The minimum atomic E-state index is 0.448. The van der Waals surface area contributed by atoms with E-state index < -0.39 is 0 Å². The number of anilines is 1. The maximum Gasteiger partial charge on any atom is 0.171 e. The molecule has 16 heavy (non-hydrogen) atoms. The minimum absolute atomic E-state index is 0.448. The first-order valence-corrected chi connectivity index (χ1v) is 6.13. The summed E-state index contributed by atoms with van der Waals surface area (Å²) in [6, 6.07) is 0.600. The number of hydrogen-bond acceptors (Lipinski definition) is 4. The van der Waals surface area contributed by atoms with E-state index in [1.165, 1.54) is 19.4 Å². The van der Waals surface area contributed by atoms with Gasteiger partial charge in [-0.2, -0.15) is 0 Å². The Bertz CT molecular complexity index is 345. The SMILES string of the molecule is CCN1CCCC1CNc1nccnc1Cl. The largest absolute Gasteiger partial charge is 0.366 e. The van der Waals surface area contributed by atoms with Crippen LogP contribution in [0.4, 0.5) is 5.82 Å². The zero-order chi connectivity index (χ0) is 11.4. The smallest absolute Gasteiger partial charge is 0.171 e. The summed E-state index contributed by atoms with van der Waals surface area (Å²) in [7, 11) is 0. The van der Waals surface area contributed by atoms with Gasteiger partial charge >= 0.3 is 0 Å². The maximum absolute atomic E-state index is 5.93. The van der Waals surface area contributed by atoms with E-state index in [0.29, 0.717) is 17.0 Å². The highest BCUT2D eigenvalue weighted by atomic mass is 35.5. The van der Waals surface area contributed by atoms with Gasteiger partial charge in [0, 0.05) is 25.0 Å². The summed E-state index contributed by atoms with van der Waals surface area (Å²) in [4.78, 5) is 10.6. The van der Waals surface area contributed by atoms with E-state index in [2.05, 4.69) is 27.1 Å². The number of likely N-dealkylation sites (N-methyl/N-ethyl adjacent to an activating group) is 1. The fourth-order valence-corrected chi connectivity index (χ4v) is 2.37. The summed E-state index contributed by atoms with van der Waals surface area (Å²) in [5.41, 5.74) is 0. The van der Waals surface area contributed by atoms with Crippen molar-refractivity contribution in [2.24, 2.45) is 0 Å². The predicted octanol–water partition coefficient (Wildman–Crippen LogP) is 2.03. The van der Waals surface area contributed by atoms with Crippen molar-refractivity contribution in [3.63, 3.8) is 0 Å². The summed E-state index contributed by atoms with van der Waals surface area (Å²) in [6.45, 7) is 5.41. The normalized spacial score (nSPS) is 21.2. The average molecular weight is 241 g/mol. The van der Waals surface area contributed by atoms with Gasteiger partial charge in [0.15, 0.2) is 11.0 Å². The quantitative estimate of drug-likeness (QED) is 0.875. The van der Waals surface area contributed by atoms with Crippen LogP contribution in [-0.2, 0) is 0 Å². The third-order valence-electron chi connectivity index (χ3n) is 3.06. The Morgan fingerprint density at radius 3 is 3.06 bits per heavy atom. The van der Waals surface area contributed by atoms with Crippen molar-refractivity contribution in [3.05, 3.63) is 17.5 Å². The summed E-state index contributed by atoms with van der Waals surface area (Å²) >= 11 is 5.93. The summed E-state index contributed by atoms with van der Waals surface area (Å²) in [5.74, 6) is 0.687. The van der Waals surface area contributed by atoms with Crippen molar-refractivity contribution < 1.29 is 0 Å². The molecule has 0 spiro atoms. The van der Waals surface area contributed by atoms with Crippen LogP contribution in [0.25, 0.3) is 0 Å². The van der Waals surface area contributed by atoms with Crippen LogP contribution >= 0.6 is 11.6 Å². The van der Waals surface area contributed by atoms with E-state index >= 15 is 0 Å². The molecule has 2 rings (SSSR count). The molecule has 4 nitrogen and oxygen atoms in total. The molecule has 0 saturated carbocycles. The van der Waals surface area contributed by atoms with Gasteiger partial charge in [0.05, 0.1) is 0 Å². The number of likely N-dealkylation sites (tertiary alicyclic amines) is 1. The Kier molecular flexibility index (Phi) is 3.96. The molecule has 1 unspecified atom stereocenters. The Morgan fingerprint density at radius 2 is 2.31 bits per heavy atom. The summed E-state index contributed by atoms with van der Waals surface area (Å²) in [5, 5.41) is 3.72. The highest BCUT2D eigenvalue weighted by Gasteiger charge is 2.22. The molecule has 1 aliphatic heterocycles. The minimum Gasteiger partial charge on any atom is -0.366 e. The van der Waals surface area contributed by atoms with Crippen molar-refractivity contribution in [3.8, 4) is 0 Å². The van der Waals surface area contributed by atoms with Crippen molar-refractivity contribution >= 4 is 17.4 Å². The van der Waals surface area contributed by atoms with Crippen molar-refractivity contribution in [1.29, 1.82) is 0 Å². The van der Waals surface area contributed by atoms with Crippen LogP contribution in [0.2, 0.25) is 5.15 Å². The number of nitrogens with zero attached hydrogens (tertiary/aromatic N) is 3. The Hall–Kier alpha value is -0.870. The van der Waals surface area contributed by atoms with Gasteiger partial charge in [-0.3, -0.25) is 4.90 Å². The molecule has 1 aliphatic rings. The summed E-state index contributed by atoms with van der Waals surface area (Å²) in [6.07, 6.45) is 5.79. The second kappa shape index (κ2) is 5.46. The Balaban J connectivity index is 1.90. The molecule has 1 N–H and O–H groups in total. The van der Waals surface area contributed by atoms with Gasteiger partial charge in [0.2, 0.25) is 0 Å². The van der Waals surface area contributed by atoms with E-state index in [-0.39, 0.29) is 0 Å². The first-order chi connectivity index (χ1) is 7.81. The standard InChI is InChI=1S/C11H17ClN4/c1-2-16-7-3-4-9(16)8-15-11-10(12)13-5-6-14-11/h5-6,9H,2-4,7-8H2,1H3,(H,14,15). The average Bonchev–Trinajstić information content (AvgIpc) is 2.75. The lowest BCUT2D eigenvalue weighted by Crippen LogP contribution is -2.34. The lowest BCUT2D eigenvalue weighted by Gasteiger charge is -2.23. The fraction of sp³-hybridized carbons (Fsp3) is 0.636. The highest BCUT2D eigenvalue weighted by Crippen LogP contribution is 2.19. The molecule has 1 aromatic heterocycles. The first-order valence-electron chi connectivity index (χ1n) is 5.75. The van der Waals surface area contributed by atoms with Crippen molar-refractivity contribution in [2.45, 2.75) is 25.8 Å². The molecule has 2 heterocycles. The molecule has 0 radical (unpaired) electrons. The molecule has 1 saturated heterocycles. The van der Waals surface area contributed by atoms with E-state index in [4.69, 9.17) is 11.6 Å². The van der Waals surface area contributed by atoms with Gasteiger partial charge in [-0.25, -0.2) is 9.97 Å². The van der Waals surface area contributed by atoms with Crippen LogP contribution in [0.5, 0.6) is 0 Å². The third-order valence-corrected chi connectivity index (χ3v) is 3.34. The van der Waals surface area contributed by atoms with Crippen LogP contribution in [0.15, 0.2) is 12.4 Å². The van der Waals surface area contributed by atoms with Crippen LogP contribution in [0.1, 0.15) is 19.8 Å². The monoisotopic (exact) mass is 240 g/mol. The van der Waals surface area contributed by atoms with E-state index in [1.54, 1.807) is 12.4 Å². The van der Waals surface area contributed by atoms with Gasteiger partial charge < -0.3 is 5.32 Å². The zero-order valence-electron chi connectivity index (χ0n) is 9.49. The van der Waals surface area contributed by atoms with Gasteiger partial charge in [0.1, 0.15) is 0 Å². The maximum atomic E-state index is 5.93. The second-order valence-electron chi connectivity index (χ2n) is 4.00. The zero-order valence-corrected chi connectivity index (χ0v) is 10.2. The number of hydrogen-bond donors (Lipinski definition) is 1. The molecular weight excluding hydrogens is 224 g/mol. The van der Waals surface area contributed by atoms with Crippen molar-refractivity contribution in [2.75, 3.05) is 25.0 Å². The van der Waals surface area contributed by atoms with E-state index in [0.717, 1.165) is 13.1 Å². The number of nitrogens with one attached hydrogen (secondary N) is 1. The topological polar surface area (TPSA) is 41.0 Å². The molecule has 0 aromatic carbocycles. The molecule has 0 amide bonds. The molecule has 0 aliphatic carbocycles. The lowest BCUT2D eigenvalue weighted by molar-refractivity contribution is 0.277. The van der Waals surface area contributed by atoms with Crippen LogP contribution in [0, 0.1) is 0 Å². The highest BCUT2D eigenvalue weighted by molar-refractivity contribution is 6.31.